The van der Waals surface area contributed by atoms with Crippen molar-refractivity contribution in [3.05, 3.63) is 53.6 Å². The Morgan fingerprint density at radius 1 is 0.894 bits per heavy atom. The average molecular weight is 676 g/mol. The third-order valence-electron chi connectivity index (χ3n) is 7.38. The number of hydrogen-bond acceptors (Lipinski definition) is 10. The molecular formula is C33H45N3O10S. The third kappa shape index (κ3) is 14.3. The molecule has 0 aliphatic rings. The normalized spacial score (nSPS) is 13.5. The number of hydrogen-bond donors (Lipinski definition) is 7. The molecule has 0 spiro atoms. The van der Waals surface area contributed by atoms with Gasteiger partial charge in [0.2, 0.25) is 11.8 Å². The first kappa shape index (κ1) is 38.9. The van der Waals surface area contributed by atoms with Crippen LogP contribution in [0.2, 0.25) is 0 Å². The van der Waals surface area contributed by atoms with E-state index in [9.17, 15) is 39.3 Å². The first-order chi connectivity index (χ1) is 22.3. The zero-order valence-corrected chi connectivity index (χ0v) is 27.5. The van der Waals surface area contributed by atoms with Crippen LogP contribution in [-0.2, 0) is 36.8 Å². The number of aryl methyl sites for hydroxylation is 1. The van der Waals surface area contributed by atoms with E-state index in [4.69, 9.17) is 15.6 Å². The standard InChI is InChI=1S/C33H45N3O10S/c1-3-4-5-6-24(17-23(38)13-9-21-10-14-28(39)29(16-21)46-2)47-19-27(36-31(42)25(34)18-30(40)41)32(43)35-26(33(44)45)15-20-7-11-22(37)12-8-20/h7-8,10-12,14,16,24-27,37,39H,3-6,9,13,15,17-19,34H2,1-2H3,(H,35,43)(H,36,42)(H,40,41)(H,44,45). The lowest BCUT2D eigenvalue weighted by Gasteiger charge is -2.24. The smallest absolute Gasteiger partial charge is 0.326 e. The van der Waals surface area contributed by atoms with Gasteiger partial charge in [0.15, 0.2) is 11.5 Å². The third-order valence-corrected chi connectivity index (χ3v) is 8.77. The van der Waals surface area contributed by atoms with Crippen molar-refractivity contribution < 1.29 is 49.1 Å². The number of nitrogens with two attached hydrogens (primary N) is 1. The highest BCUT2D eigenvalue weighted by molar-refractivity contribution is 8.00. The van der Waals surface area contributed by atoms with E-state index in [0.29, 0.717) is 24.2 Å². The van der Waals surface area contributed by atoms with E-state index in [2.05, 4.69) is 10.6 Å². The van der Waals surface area contributed by atoms with Crippen molar-refractivity contribution in [3.8, 4) is 17.2 Å². The van der Waals surface area contributed by atoms with Gasteiger partial charge in [-0.05, 0) is 48.2 Å². The van der Waals surface area contributed by atoms with Gasteiger partial charge in [0.25, 0.3) is 0 Å². The van der Waals surface area contributed by atoms with Crippen LogP contribution in [0.4, 0.5) is 0 Å². The summed E-state index contributed by atoms with van der Waals surface area (Å²) in [7, 11) is 1.44. The summed E-state index contributed by atoms with van der Waals surface area (Å²) in [4.78, 5) is 62.4. The van der Waals surface area contributed by atoms with E-state index < -0.39 is 48.3 Å². The Hall–Kier alpha value is -4.30. The monoisotopic (exact) mass is 675 g/mol. The van der Waals surface area contributed by atoms with E-state index >= 15 is 0 Å². The van der Waals surface area contributed by atoms with Crippen LogP contribution in [0.25, 0.3) is 0 Å². The van der Waals surface area contributed by atoms with Crippen LogP contribution >= 0.6 is 11.8 Å². The van der Waals surface area contributed by atoms with Crippen molar-refractivity contribution in [1.29, 1.82) is 0 Å². The number of phenols is 2. The van der Waals surface area contributed by atoms with Crippen LogP contribution < -0.4 is 21.1 Å². The number of unbranched alkanes of at least 4 members (excludes halogenated alkanes) is 2. The quantitative estimate of drug-likeness (QED) is 0.0895. The highest BCUT2D eigenvalue weighted by Gasteiger charge is 2.30. The Labute approximate surface area is 278 Å². The van der Waals surface area contributed by atoms with Crippen molar-refractivity contribution in [3.63, 3.8) is 0 Å². The molecule has 0 bridgehead atoms. The summed E-state index contributed by atoms with van der Waals surface area (Å²) in [5.41, 5.74) is 7.09. The number of phenolic OH excluding ortho intramolecular Hbond substituents is 2. The molecule has 4 unspecified atom stereocenters. The minimum Gasteiger partial charge on any atom is -0.508 e. The van der Waals surface area contributed by atoms with Crippen molar-refractivity contribution in [1.82, 2.24) is 10.6 Å². The number of carbonyl (C=O) groups excluding carboxylic acids is 3. The molecule has 0 saturated carbocycles. The number of amides is 2. The zero-order valence-electron chi connectivity index (χ0n) is 26.6. The number of thioether (sulfide) groups is 1. The molecule has 0 heterocycles. The maximum atomic E-state index is 13.4. The second kappa shape index (κ2) is 20.0. The van der Waals surface area contributed by atoms with Crippen molar-refractivity contribution in [2.24, 2.45) is 5.73 Å². The van der Waals surface area contributed by atoms with E-state index in [1.165, 1.54) is 49.2 Å². The molecule has 47 heavy (non-hydrogen) atoms. The Bertz CT molecular complexity index is 1350. The fourth-order valence-corrected chi connectivity index (χ4v) is 6.03. The van der Waals surface area contributed by atoms with Crippen LogP contribution in [0.5, 0.6) is 17.2 Å². The molecule has 0 saturated heterocycles. The van der Waals surface area contributed by atoms with Gasteiger partial charge in [-0.15, -0.1) is 0 Å². The number of Topliss-reactive ketones (excluding diaryl/α,β-unsaturated/α-hetero) is 1. The average Bonchev–Trinajstić information content (AvgIpc) is 3.02. The summed E-state index contributed by atoms with van der Waals surface area (Å²) in [5, 5.41) is 42.9. The summed E-state index contributed by atoms with van der Waals surface area (Å²) >= 11 is 1.29. The Morgan fingerprint density at radius 3 is 2.17 bits per heavy atom. The van der Waals surface area contributed by atoms with Crippen LogP contribution in [0.3, 0.4) is 0 Å². The lowest BCUT2D eigenvalue weighted by molar-refractivity contribution is -0.142. The molecule has 2 amide bonds. The number of aromatic hydroxyl groups is 2. The van der Waals surface area contributed by atoms with Gasteiger partial charge >= 0.3 is 11.9 Å². The van der Waals surface area contributed by atoms with E-state index in [1.807, 2.05) is 6.92 Å². The van der Waals surface area contributed by atoms with Crippen molar-refractivity contribution in [2.75, 3.05) is 12.9 Å². The Morgan fingerprint density at radius 2 is 1.55 bits per heavy atom. The minimum atomic E-state index is -1.44. The summed E-state index contributed by atoms with van der Waals surface area (Å²) in [6.07, 6.45) is 3.47. The second-order valence-corrected chi connectivity index (χ2v) is 12.6. The molecule has 258 valence electrons. The largest absolute Gasteiger partial charge is 0.508 e. The van der Waals surface area contributed by atoms with Gasteiger partial charge in [-0.3, -0.25) is 19.2 Å². The molecular weight excluding hydrogens is 630 g/mol. The predicted molar refractivity (Wildman–Crippen MR) is 177 cm³/mol. The molecule has 14 heteroatoms. The number of carboxylic acid groups (broad SMARTS) is 2. The fourth-order valence-electron chi connectivity index (χ4n) is 4.70. The van der Waals surface area contributed by atoms with Gasteiger partial charge in [-0.2, -0.15) is 11.8 Å². The van der Waals surface area contributed by atoms with Crippen molar-refractivity contribution in [2.45, 2.75) is 88.1 Å². The van der Waals surface area contributed by atoms with Gasteiger partial charge < -0.3 is 41.5 Å². The lowest BCUT2D eigenvalue weighted by atomic mass is 10.0. The second-order valence-electron chi connectivity index (χ2n) is 11.2. The molecule has 0 aromatic heterocycles. The Balaban J connectivity index is 2.17. The number of benzene rings is 2. The fraction of sp³-hybridized carbons (Fsp3) is 0.485. The maximum absolute atomic E-state index is 13.4. The minimum absolute atomic E-state index is 0.000378. The van der Waals surface area contributed by atoms with Crippen LogP contribution in [0.15, 0.2) is 42.5 Å². The first-order valence-electron chi connectivity index (χ1n) is 15.4. The molecule has 13 nitrogen and oxygen atoms in total. The highest BCUT2D eigenvalue weighted by Crippen LogP contribution is 2.28. The van der Waals surface area contributed by atoms with Gasteiger partial charge in [-0.25, -0.2) is 4.79 Å². The number of carboxylic acids is 2. The molecule has 0 aliphatic carbocycles. The van der Waals surface area contributed by atoms with Gasteiger partial charge in [0.05, 0.1) is 19.6 Å². The predicted octanol–water partition coefficient (Wildman–Crippen LogP) is 2.78. The van der Waals surface area contributed by atoms with Gasteiger partial charge in [0, 0.05) is 30.3 Å². The summed E-state index contributed by atoms with van der Waals surface area (Å²) in [6, 6.07) is 6.62. The number of methoxy groups -OCH3 is 1. The van der Waals surface area contributed by atoms with Gasteiger partial charge in [-0.1, -0.05) is 44.4 Å². The molecule has 0 aliphatic heterocycles. The Kier molecular flexibility index (Phi) is 16.6. The highest BCUT2D eigenvalue weighted by atomic mass is 32.2. The maximum Gasteiger partial charge on any atom is 0.326 e. The molecule has 0 radical (unpaired) electrons. The summed E-state index contributed by atoms with van der Waals surface area (Å²) in [5.74, 6) is -4.05. The van der Waals surface area contributed by atoms with E-state index in [1.54, 1.807) is 12.1 Å². The molecule has 4 atom stereocenters. The summed E-state index contributed by atoms with van der Waals surface area (Å²) < 4.78 is 5.14. The number of ether oxygens (including phenoxy) is 1. The lowest BCUT2D eigenvalue weighted by Crippen LogP contribution is -2.56. The summed E-state index contributed by atoms with van der Waals surface area (Å²) in [6.45, 7) is 2.05. The zero-order chi connectivity index (χ0) is 34.9. The van der Waals surface area contributed by atoms with Crippen LogP contribution in [0.1, 0.15) is 63.0 Å². The van der Waals surface area contributed by atoms with Crippen LogP contribution in [-0.4, -0.2) is 86.2 Å². The SMILES string of the molecule is CCCCCC(CC(=O)CCc1ccc(O)c(OC)c1)SCC(NC(=O)C(N)CC(=O)O)C(=O)NC(Cc1ccc(O)cc1)C(=O)O. The number of nitrogens with one attached hydrogen (secondary N) is 2. The molecule has 2 aromatic rings. The van der Waals surface area contributed by atoms with E-state index in [-0.39, 0.29) is 47.5 Å². The molecule has 8 N–H and O–H groups in total. The number of carbonyl (C=O) groups is 5. The number of rotatable bonds is 22. The molecule has 2 aromatic carbocycles. The van der Waals surface area contributed by atoms with Crippen LogP contribution in [0, 0.1) is 0 Å². The van der Waals surface area contributed by atoms with E-state index in [0.717, 1.165) is 24.8 Å². The molecule has 2 rings (SSSR count). The number of aliphatic carboxylic acids is 2. The first-order valence-corrected chi connectivity index (χ1v) is 16.5. The van der Waals surface area contributed by atoms with Gasteiger partial charge in [0.1, 0.15) is 23.6 Å². The topological polar surface area (TPSA) is 226 Å². The molecule has 0 fully saturated rings. The number of ketones is 1. The van der Waals surface area contributed by atoms with Crippen molar-refractivity contribution >= 4 is 41.3 Å².